The summed E-state index contributed by atoms with van der Waals surface area (Å²) in [6, 6.07) is 0. The molecular weight excluding hydrogens is 192 g/mol. The van der Waals surface area contributed by atoms with E-state index in [0.29, 0.717) is 6.61 Å². The highest BCUT2D eigenvalue weighted by Gasteiger charge is 2.34. The van der Waals surface area contributed by atoms with Crippen LogP contribution in [0.2, 0.25) is 0 Å². The fraction of sp³-hybridized carbons (Fsp3) is 0.800. The fourth-order valence-corrected chi connectivity index (χ4v) is 2.08. The van der Waals surface area contributed by atoms with Gasteiger partial charge in [0.25, 0.3) is 0 Å². The highest BCUT2D eigenvalue weighted by Crippen LogP contribution is 2.28. The van der Waals surface area contributed by atoms with Gasteiger partial charge in [0.2, 0.25) is 0 Å². The summed E-state index contributed by atoms with van der Waals surface area (Å²) in [6.07, 6.45) is 2.91. The third-order valence-corrected chi connectivity index (χ3v) is 3.06. The first-order valence-corrected chi connectivity index (χ1v) is 5.34. The monoisotopic (exact) mass is 210 g/mol. The lowest BCUT2D eigenvalue weighted by Gasteiger charge is -2.22. The molecule has 1 aromatic rings. The molecule has 1 aliphatic rings. The number of methoxy groups -OCH3 is 1. The van der Waals surface area contributed by atoms with Crippen molar-refractivity contribution < 1.29 is 4.74 Å². The summed E-state index contributed by atoms with van der Waals surface area (Å²) in [5, 5.41) is 11.6. The summed E-state index contributed by atoms with van der Waals surface area (Å²) in [7, 11) is 1.71. The van der Waals surface area contributed by atoms with Crippen LogP contribution in [0.4, 0.5) is 0 Å². The predicted molar refractivity (Wildman–Crippen MR) is 56.7 cm³/mol. The van der Waals surface area contributed by atoms with Crippen molar-refractivity contribution in [2.45, 2.75) is 25.3 Å². The SMILES string of the molecule is COCCn1cnnc1C1(C)CCNC1. The number of ether oxygens (including phenoxy) is 1. The number of nitrogens with zero attached hydrogens (tertiary/aromatic N) is 3. The van der Waals surface area contributed by atoms with Gasteiger partial charge in [0.1, 0.15) is 12.2 Å². The van der Waals surface area contributed by atoms with Crippen molar-refractivity contribution in [2.75, 3.05) is 26.8 Å². The van der Waals surface area contributed by atoms with Gasteiger partial charge in [-0.1, -0.05) is 6.92 Å². The smallest absolute Gasteiger partial charge is 0.140 e. The molecule has 1 unspecified atom stereocenters. The molecule has 0 radical (unpaired) electrons. The molecule has 0 spiro atoms. The Morgan fingerprint density at radius 3 is 3.20 bits per heavy atom. The molecule has 0 saturated carbocycles. The Bertz CT molecular complexity index is 317. The van der Waals surface area contributed by atoms with Crippen LogP contribution < -0.4 is 5.32 Å². The van der Waals surface area contributed by atoms with E-state index in [2.05, 4.69) is 27.0 Å². The van der Waals surface area contributed by atoms with Crippen LogP contribution in [0.25, 0.3) is 0 Å². The van der Waals surface area contributed by atoms with Gasteiger partial charge in [0.05, 0.1) is 6.61 Å². The number of hydrogen-bond donors (Lipinski definition) is 1. The van der Waals surface area contributed by atoms with Crippen LogP contribution >= 0.6 is 0 Å². The first-order valence-electron chi connectivity index (χ1n) is 5.34. The van der Waals surface area contributed by atoms with Crippen LogP contribution in [0.1, 0.15) is 19.2 Å². The minimum absolute atomic E-state index is 0.129. The van der Waals surface area contributed by atoms with Crippen molar-refractivity contribution in [1.29, 1.82) is 0 Å². The Kier molecular flexibility index (Phi) is 3.02. The van der Waals surface area contributed by atoms with Gasteiger partial charge in [-0.2, -0.15) is 0 Å². The van der Waals surface area contributed by atoms with E-state index >= 15 is 0 Å². The molecule has 1 N–H and O–H groups in total. The van der Waals surface area contributed by atoms with Crippen LogP contribution in [0.3, 0.4) is 0 Å². The van der Waals surface area contributed by atoms with Gasteiger partial charge in [0.15, 0.2) is 0 Å². The van der Waals surface area contributed by atoms with Crippen molar-refractivity contribution in [3.8, 4) is 0 Å². The van der Waals surface area contributed by atoms with E-state index in [4.69, 9.17) is 4.74 Å². The molecule has 1 fully saturated rings. The predicted octanol–water partition coefficient (Wildman–Crippen LogP) is 0.175. The van der Waals surface area contributed by atoms with Gasteiger partial charge < -0.3 is 14.6 Å². The molecule has 2 heterocycles. The molecule has 5 nitrogen and oxygen atoms in total. The lowest BCUT2D eigenvalue weighted by atomic mass is 9.89. The van der Waals surface area contributed by atoms with Gasteiger partial charge >= 0.3 is 0 Å². The molecule has 1 atom stereocenters. The molecule has 0 bridgehead atoms. The Hall–Kier alpha value is -0.940. The first-order chi connectivity index (χ1) is 7.26. The van der Waals surface area contributed by atoms with Gasteiger partial charge in [-0.15, -0.1) is 10.2 Å². The van der Waals surface area contributed by atoms with Gasteiger partial charge in [-0.3, -0.25) is 0 Å². The van der Waals surface area contributed by atoms with Crippen LogP contribution in [0, 0.1) is 0 Å². The zero-order valence-corrected chi connectivity index (χ0v) is 9.36. The highest BCUT2D eigenvalue weighted by atomic mass is 16.5. The normalized spacial score (nSPS) is 26.0. The summed E-state index contributed by atoms with van der Waals surface area (Å²) >= 11 is 0. The van der Waals surface area contributed by atoms with E-state index in [-0.39, 0.29) is 5.41 Å². The zero-order chi connectivity index (χ0) is 10.7. The molecule has 2 rings (SSSR count). The molecule has 15 heavy (non-hydrogen) atoms. The van der Waals surface area contributed by atoms with E-state index in [0.717, 1.165) is 31.9 Å². The van der Waals surface area contributed by atoms with Crippen molar-refractivity contribution in [3.63, 3.8) is 0 Å². The van der Waals surface area contributed by atoms with E-state index in [1.807, 2.05) is 0 Å². The minimum atomic E-state index is 0.129. The average Bonchev–Trinajstić information content (AvgIpc) is 2.84. The highest BCUT2D eigenvalue weighted by molar-refractivity contribution is 5.10. The Labute approximate surface area is 89.8 Å². The molecule has 1 saturated heterocycles. The molecule has 1 aromatic heterocycles. The maximum atomic E-state index is 5.07. The molecule has 0 amide bonds. The molecular formula is C10H18N4O. The Morgan fingerprint density at radius 1 is 1.67 bits per heavy atom. The van der Waals surface area contributed by atoms with Crippen LogP contribution in [0.15, 0.2) is 6.33 Å². The molecule has 5 heteroatoms. The number of rotatable bonds is 4. The lowest BCUT2D eigenvalue weighted by molar-refractivity contribution is 0.184. The van der Waals surface area contributed by atoms with E-state index in [9.17, 15) is 0 Å². The molecule has 0 aliphatic carbocycles. The third kappa shape index (κ3) is 2.03. The second-order valence-electron chi connectivity index (χ2n) is 4.33. The summed E-state index contributed by atoms with van der Waals surface area (Å²) in [5.41, 5.74) is 0.129. The second kappa shape index (κ2) is 4.28. The standard InChI is InChI=1S/C10H18N4O/c1-10(3-4-11-7-10)9-13-12-8-14(9)5-6-15-2/h8,11H,3-7H2,1-2H3. The first kappa shape index (κ1) is 10.6. The molecule has 1 aliphatic heterocycles. The minimum Gasteiger partial charge on any atom is -0.383 e. The van der Waals surface area contributed by atoms with Crippen molar-refractivity contribution in [3.05, 3.63) is 12.2 Å². The maximum absolute atomic E-state index is 5.07. The van der Waals surface area contributed by atoms with Gasteiger partial charge in [0, 0.05) is 25.6 Å². The topological polar surface area (TPSA) is 52.0 Å². The fourth-order valence-electron chi connectivity index (χ4n) is 2.08. The zero-order valence-electron chi connectivity index (χ0n) is 9.36. The number of aromatic nitrogens is 3. The van der Waals surface area contributed by atoms with Crippen molar-refractivity contribution in [1.82, 2.24) is 20.1 Å². The van der Waals surface area contributed by atoms with Crippen LogP contribution in [-0.4, -0.2) is 41.6 Å². The quantitative estimate of drug-likeness (QED) is 0.770. The molecule has 84 valence electrons. The summed E-state index contributed by atoms with van der Waals surface area (Å²) in [6.45, 7) is 5.82. The largest absolute Gasteiger partial charge is 0.383 e. The van der Waals surface area contributed by atoms with E-state index in [1.165, 1.54) is 0 Å². The Balaban J connectivity index is 2.16. The van der Waals surface area contributed by atoms with Crippen molar-refractivity contribution >= 4 is 0 Å². The van der Waals surface area contributed by atoms with Gasteiger partial charge in [-0.05, 0) is 13.0 Å². The van der Waals surface area contributed by atoms with Crippen LogP contribution in [0.5, 0.6) is 0 Å². The second-order valence-corrected chi connectivity index (χ2v) is 4.33. The van der Waals surface area contributed by atoms with Crippen LogP contribution in [-0.2, 0) is 16.7 Å². The Morgan fingerprint density at radius 2 is 2.53 bits per heavy atom. The maximum Gasteiger partial charge on any atom is 0.140 e. The number of hydrogen-bond acceptors (Lipinski definition) is 4. The third-order valence-electron chi connectivity index (χ3n) is 3.06. The van der Waals surface area contributed by atoms with Crippen molar-refractivity contribution in [2.24, 2.45) is 0 Å². The average molecular weight is 210 g/mol. The van der Waals surface area contributed by atoms with Gasteiger partial charge in [-0.25, -0.2) is 0 Å². The number of nitrogens with one attached hydrogen (secondary N) is 1. The summed E-state index contributed by atoms with van der Waals surface area (Å²) < 4.78 is 7.17. The van der Waals surface area contributed by atoms with E-state index < -0.39 is 0 Å². The summed E-state index contributed by atoms with van der Waals surface area (Å²) in [5.74, 6) is 1.07. The lowest BCUT2D eigenvalue weighted by Crippen LogP contribution is -2.29. The van der Waals surface area contributed by atoms with E-state index in [1.54, 1.807) is 13.4 Å². The molecule has 0 aromatic carbocycles. The summed E-state index contributed by atoms with van der Waals surface area (Å²) in [4.78, 5) is 0.